The number of likely N-dealkylation sites (N-methyl/N-ethyl adjacent to an activating group) is 1. The van der Waals surface area contributed by atoms with E-state index in [0.717, 1.165) is 26.1 Å². The number of hydrogen-bond donors (Lipinski definition) is 1. The van der Waals surface area contributed by atoms with Crippen LogP contribution in [0.25, 0.3) is 0 Å². The van der Waals surface area contributed by atoms with Crippen LogP contribution in [-0.4, -0.2) is 80.8 Å². The van der Waals surface area contributed by atoms with Gasteiger partial charge in [0.2, 0.25) is 0 Å². The van der Waals surface area contributed by atoms with Gasteiger partial charge >= 0.3 is 0 Å². The summed E-state index contributed by atoms with van der Waals surface area (Å²) in [5.41, 5.74) is 0. The zero-order valence-corrected chi connectivity index (χ0v) is 12.1. The van der Waals surface area contributed by atoms with Gasteiger partial charge in [0.05, 0.1) is 0 Å². The highest BCUT2D eigenvalue weighted by atomic mass is 32.2. The summed E-state index contributed by atoms with van der Waals surface area (Å²) >= 11 is 0. The van der Waals surface area contributed by atoms with E-state index in [9.17, 15) is 8.42 Å². The minimum absolute atomic E-state index is 0.290. The highest BCUT2D eigenvalue weighted by molar-refractivity contribution is 7.86. The Labute approximate surface area is 110 Å². The minimum Gasteiger partial charge on any atom is -0.315 e. The van der Waals surface area contributed by atoms with Gasteiger partial charge < -0.3 is 10.2 Å². The van der Waals surface area contributed by atoms with Crippen LogP contribution in [0.2, 0.25) is 0 Å². The van der Waals surface area contributed by atoms with Crippen molar-refractivity contribution in [1.29, 1.82) is 0 Å². The molecule has 2 aliphatic heterocycles. The third kappa shape index (κ3) is 3.03. The lowest BCUT2D eigenvalue weighted by atomic mass is 10.2. The summed E-state index contributed by atoms with van der Waals surface area (Å²) in [4.78, 5) is 2.20. The number of piperazine rings is 1. The van der Waals surface area contributed by atoms with Gasteiger partial charge in [0.25, 0.3) is 10.2 Å². The van der Waals surface area contributed by atoms with E-state index in [4.69, 9.17) is 0 Å². The smallest absolute Gasteiger partial charge is 0.282 e. The molecule has 0 aliphatic carbocycles. The average molecular weight is 276 g/mol. The quantitative estimate of drug-likeness (QED) is 0.715. The maximum atomic E-state index is 12.6. The summed E-state index contributed by atoms with van der Waals surface area (Å²) in [7, 11) is -1.22. The Kier molecular flexibility index (Phi) is 4.60. The molecule has 0 aromatic rings. The monoisotopic (exact) mass is 276 g/mol. The second-order valence-corrected chi connectivity index (χ2v) is 7.13. The Morgan fingerprint density at radius 1 is 1.06 bits per heavy atom. The number of nitrogens with zero attached hydrogens (tertiary/aromatic N) is 3. The van der Waals surface area contributed by atoms with E-state index >= 15 is 0 Å². The summed E-state index contributed by atoms with van der Waals surface area (Å²) in [6.07, 6.45) is 0.891. The van der Waals surface area contributed by atoms with Crippen molar-refractivity contribution in [3.8, 4) is 0 Å². The molecule has 0 aromatic heterocycles. The normalized spacial score (nSPS) is 30.2. The van der Waals surface area contributed by atoms with Crippen molar-refractivity contribution in [3.05, 3.63) is 0 Å². The van der Waals surface area contributed by atoms with E-state index in [-0.39, 0.29) is 0 Å². The fourth-order valence-electron chi connectivity index (χ4n) is 2.44. The van der Waals surface area contributed by atoms with Crippen LogP contribution in [0.3, 0.4) is 0 Å². The number of nitrogens with one attached hydrogen (secondary N) is 1. The van der Waals surface area contributed by atoms with Gasteiger partial charge in [-0.2, -0.15) is 17.0 Å². The van der Waals surface area contributed by atoms with Gasteiger partial charge in [-0.05, 0) is 26.9 Å². The molecule has 1 atom stereocenters. The van der Waals surface area contributed by atoms with Crippen LogP contribution >= 0.6 is 0 Å². The van der Waals surface area contributed by atoms with Crippen LogP contribution in [0.5, 0.6) is 0 Å². The van der Waals surface area contributed by atoms with Crippen molar-refractivity contribution in [2.45, 2.75) is 19.4 Å². The number of hydrogen-bond acceptors (Lipinski definition) is 4. The lowest BCUT2D eigenvalue weighted by Crippen LogP contribution is -2.55. The standard InChI is InChI=1S/C11H24N4O2S/c1-11-10-15(9-8-13(11)2)18(16,17)14-6-3-4-12-5-7-14/h11-12H,3-10H2,1-2H3. The van der Waals surface area contributed by atoms with Crippen LogP contribution in [0.15, 0.2) is 0 Å². The zero-order chi connectivity index (χ0) is 13.2. The zero-order valence-electron chi connectivity index (χ0n) is 11.3. The summed E-state index contributed by atoms with van der Waals surface area (Å²) in [5.74, 6) is 0. The Balaban J connectivity index is 2.05. The Hall–Kier alpha value is -0.210. The maximum Gasteiger partial charge on any atom is 0.282 e. The average Bonchev–Trinajstić information content (AvgIpc) is 2.61. The Morgan fingerprint density at radius 3 is 2.56 bits per heavy atom. The SMILES string of the molecule is CC1CN(S(=O)(=O)N2CCCNCC2)CCN1C. The molecule has 0 saturated carbocycles. The molecule has 2 aliphatic rings. The topological polar surface area (TPSA) is 55.9 Å². The largest absolute Gasteiger partial charge is 0.315 e. The van der Waals surface area contributed by atoms with Crippen LogP contribution in [0.1, 0.15) is 13.3 Å². The van der Waals surface area contributed by atoms with E-state index in [1.54, 1.807) is 8.61 Å². The van der Waals surface area contributed by atoms with Gasteiger partial charge in [-0.1, -0.05) is 0 Å². The second kappa shape index (κ2) is 5.83. The second-order valence-electron chi connectivity index (χ2n) is 5.20. The summed E-state index contributed by atoms with van der Waals surface area (Å²) in [6, 6.07) is 0.290. The molecular weight excluding hydrogens is 252 g/mol. The molecule has 0 amide bonds. The molecule has 2 heterocycles. The first kappa shape index (κ1) is 14.2. The molecule has 0 bridgehead atoms. The molecule has 2 saturated heterocycles. The van der Waals surface area contributed by atoms with E-state index in [1.165, 1.54) is 0 Å². The van der Waals surface area contributed by atoms with Gasteiger partial charge in [-0.15, -0.1) is 0 Å². The molecule has 0 spiro atoms. The summed E-state index contributed by atoms with van der Waals surface area (Å²) in [6.45, 7) is 6.97. The summed E-state index contributed by atoms with van der Waals surface area (Å²) < 4.78 is 28.4. The third-order valence-electron chi connectivity index (χ3n) is 3.87. The van der Waals surface area contributed by atoms with Crippen molar-refractivity contribution in [2.24, 2.45) is 0 Å². The predicted octanol–water partition coefficient (Wildman–Crippen LogP) is -0.838. The maximum absolute atomic E-state index is 12.6. The fourth-order valence-corrected chi connectivity index (χ4v) is 4.16. The van der Waals surface area contributed by atoms with Crippen LogP contribution in [-0.2, 0) is 10.2 Å². The molecule has 106 valence electrons. The van der Waals surface area contributed by atoms with Gasteiger partial charge in [-0.3, -0.25) is 0 Å². The van der Waals surface area contributed by atoms with Crippen molar-refractivity contribution >= 4 is 10.2 Å². The lowest BCUT2D eigenvalue weighted by Gasteiger charge is -2.38. The number of rotatable bonds is 2. The van der Waals surface area contributed by atoms with E-state index in [0.29, 0.717) is 32.2 Å². The van der Waals surface area contributed by atoms with Gasteiger partial charge in [0, 0.05) is 45.3 Å². The van der Waals surface area contributed by atoms with Crippen molar-refractivity contribution < 1.29 is 8.42 Å². The molecule has 18 heavy (non-hydrogen) atoms. The highest BCUT2D eigenvalue weighted by Gasteiger charge is 2.34. The fraction of sp³-hybridized carbons (Fsp3) is 1.00. The van der Waals surface area contributed by atoms with Crippen molar-refractivity contribution in [3.63, 3.8) is 0 Å². The van der Waals surface area contributed by atoms with Crippen LogP contribution < -0.4 is 5.32 Å². The van der Waals surface area contributed by atoms with E-state index in [2.05, 4.69) is 17.1 Å². The summed E-state index contributed by atoms with van der Waals surface area (Å²) in [5, 5.41) is 3.24. The third-order valence-corrected chi connectivity index (χ3v) is 5.88. The molecule has 0 radical (unpaired) electrons. The first-order valence-corrected chi connectivity index (χ1v) is 8.07. The Morgan fingerprint density at radius 2 is 1.83 bits per heavy atom. The molecule has 6 nitrogen and oxygen atoms in total. The van der Waals surface area contributed by atoms with Gasteiger partial charge in [0.15, 0.2) is 0 Å². The molecule has 2 rings (SSSR count). The lowest BCUT2D eigenvalue weighted by molar-refractivity contribution is 0.153. The van der Waals surface area contributed by atoms with Crippen molar-refractivity contribution in [2.75, 3.05) is 52.9 Å². The highest BCUT2D eigenvalue weighted by Crippen LogP contribution is 2.15. The van der Waals surface area contributed by atoms with Gasteiger partial charge in [-0.25, -0.2) is 0 Å². The van der Waals surface area contributed by atoms with Crippen LogP contribution in [0.4, 0.5) is 0 Å². The molecule has 2 fully saturated rings. The first-order valence-electron chi connectivity index (χ1n) is 6.68. The first-order chi connectivity index (χ1) is 8.51. The van der Waals surface area contributed by atoms with E-state index < -0.39 is 10.2 Å². The molecular formula is C11H24N4O2S. The molecule has 1 unspecified atom stereocenters. The molecule has 1 N–H and O–H groups in total. The van der Waals surface area contributed by atoms with Crippen molar-refractivity contribution in [1.82, 2.24) is 18.8 Å². The minimum atomic E-state index is -3.26. The molecule has 0 aromatic carbocycles. The molecule has 7 heteroatoms. The van der Waals surface area contributed by atoms with E-state index in [1.807, 2.05) is 7.05 Å². The van der Waals surface area contributed by atoms with Crippen LogP contribution in [0, 0.1) is 0 Å². The van der Waals surface area contributed by atoms with Gasteiger partial charge in [0.1, 0.15) is 0 Å². The Bertz CT molecular complexity index is 365. The predicted molar refractivity (Wildman–Crippen MR) is 71.6 cm³/mol.